The Bertz CT molecular complexity index is 1460. The van der Waals surface area contributed by atoms with Crippen LogP contribution < -0.4 is 10.3 Å². The fraction of sp³-hybridized carbons (Fsp3) is 0.310. The molecule has 2 aromatic heterocycles. The summed E-state index contributed by atoms with van der Waals surface area (Å²) in [5, 5.41) is 8.37. The number of benzene rings is 2. The Morgan fingerprint density at radius 2 is 1.73 bits per heavy atom. The molecule has 190 valence electrons. The maximum absolute atomic E-state index is 13.7. The number of aryl methyl sites for hydroxylation is 1. The highest BCUT2D eigenvalue weighted by Gasteiger charge is 2.26. The number of rotatable bonds is 7. The summed E-state index contributed by atoms with van der Waals surface area (Å²) in [6, 6.07) is 15.5. The van der Waals surface area contributed by atoms with Crippen molar-refractivity contribution in [1.29, 1.82) is 0 Å². The van der Waals surface area contributed by atoms with Gasteiger partial charge in [0.25, 0.3) is 11.5 Å². The number of carbonyl (C=O) groups is 1. The first-order chi connectivity index (χ1) is 18.1. The Kier molecular flexibility index (Phi) is 7.28. The summed E-state index contributed by atoms with van der Waals surface area (Å²) in [7, 11) is 1.62. The van der Waals surface area contributed by atoms with Crippen LogP contribution in [0.3, 0.4) is 0 Å². The second kappa shape index (κ2) is 10.9. The molecule has 0 saturated carbocycles. The van der Waals surface area contributed by atoms with E-state index in [1.807, 2.05) is 53.7 Å². The molecule has 4 aromatic rings. The largest absolute Gasteiger partial charge is 0.496 e. The summed E-state index contributed by atoms with van der Waals surface area (Å²) >= 11 is 0. The van der Waals surface area contributed by atoms with Gasteiger partial charge in [0.2, 0.25) is 0 Å². The lowest BCUT2D eigenvalue weighted by molar-refractivity contribution is 0.0625. The van der Waals surface area contributed by atoms with Gasteiger partial charge < -0.3 is 9.64 Å². The molecule has 0 aliphatic carbocycles. The van der Waals surface area contributed by atoms with Gasteiger partial charge in [-0.25, -0.2) is 5.10 Å². The molecule has 1 aliphatic heterocycles. The average Bonchev–Trinajstić information content (AvgIpc) is 2.95. The van der Waals surface area contributed by atoms with Crippen LogP contribution in [0.15, 0.2) is 65.7 Å². The molecule has 0 unspecified atom stereocenters. The second-order valence-corrected chi connectivity index (χ2v) is 9.33. The standard InChI is InChI=1S/C29H31N5O3/c1-3-22-16-21(18-26-23-6-4-5-7-24(23)28(35)32-31-26)17-25(27(22)37-2)29(36)34-14-12-33(13-15-34)19-20-8-10-30-11-9-20/h4-11,16-17H,3,12-15,18-19H2,1-2H3,(H,32,35). The molecule has 2 aromatic carbocycles. The number of piperazine rings is 1. The molecular weight excluding hydrogens is 466 g/mol. The number of aromatic amines is 1. The van der Waals surface area contributed by atoms with E-state index < -0.39 is 0 Å². The number of nitrogens with zero attached hydrogens (tertiary/aromatic N) is 4. The lowest BCUT2D eigenvalue weighted by Gasteiger charge is -2.35. The van der Waals surface area contributed by atoms with E-state index >= 15 is 0 Å². The van der Waals surface area contributed by atoms with Crippen molar-refractivity contribution in [3.05, 3.63) is 99.2 Å². The molecule has 8 nitrogen and oxygen atoms in total. The molecule has 0 spiro atoms. The SMILES string of the molecule is CCc1cc(Cc2n[nH]c(=O)c3ccccc23)cc(C(=O)N2CCN(Cc3ccncc3)CC2)c1OC. The molecule has 37 heavy (non-hydrogen) atoms. The van der Waals surface area contributed by atoms with Gasteiger partial charge in [-0.3, -0.25) is 19.5 Å². The summed E-state index contributed by atoms with van der Waals surface area (Å²) in [4.78, 5) is 34.3. The maximum atomic E-state index is 13.7. The van der Waals surface area contributed by atoms with E-state index in [-0.39, 0.29) is 11.5 Å². The summed E-state index contributed by atoms with van der Waals surface area (Å²) in [5.41, 5.74) is 4.30. The fourth-order valence-corrected chi connectivity index (χ4v) is 5.04. The fourth-order valence-electron chi connectivity index (χ4n) is 5.04. The first-order valence-corrected chi connectivity index (χ1v) is 12.6. The predicted octanol–water partition coefficient (Wildman–Crippen LogP) is 3.44. The van der Waals surface area contributed by atoms with Crippen molar-refractivity contribution in [2.45, 2.75) is 26.3 Å². The number of amides is 1. The smallest absolute Gasteiger partial charge is 0.272 e. The van der Waals surface area contributed by atoms with Crippen molar-refractivity contribution >= 4 is 16.7 Å². The third-order valence-corrected chi connectivity index (χ3v) is 7.00. The molecule has 1 fully saturated rings. The van der Waals surface area contributed by atoms with E-state index in [1.165, 1.54) is 5.56 Å². The molecule has 3 heterocycles. The zero-order valence-corrected chi connectivity index (χ0v) is 21.2. The van der Waals surface area contributed by atoms with Gasteiger partial charge in [-0.1, -0.05) is 31.2 Å². The van der Waals surface area contributed by atoms with E-state index in [4.69, 9.17) is 4.74 Å². The highest BCUT2D eigenvalue weighted by Crippen LogP contribution is 2.30. The van der Waals surface area contributed by atoms with E-state index in [1.54, 1.807) is 13.2 Å². The van der Waals surface area contributed by atoms with Crippen LogP contribution >= 0.6 is 0 Å². The van der Waals surface area contributed by atoms with E-state index in [9.17, 15) is 9.59 Å². The summed E-state index contributed by atoms with van der Waals surface area (Å²) in [6.45, 7) is 5.84. The van der Waals surface area contributed by atoms with Gasteiger partial charge in [-0.2, -0.15) is 5.10 Å². The van der Waals surface area contributed by atoms with Crippen LogP contribution in [0.4, 0.5) is 0 Å². The highest BCUT2D eigenvalue weighted by molar-refractivity contribution is 5.98. The van der Waals surface area contributed by atoms with Crippen LogP contribution in [-0.4, -0.2) is 64.2 Å². The zero-order chi connectivity index (χ0) is 25.8. The molecule has 1 amide bonds. The van der Waals surface area contributed by atoms with Gasteiger partial charge >= 0.3 is 0 Å². The van der Waals surface area contributed by atoms with Crippen LogP contribution in [0.2, 0.25) is 0 Å². The second-order valence-electron chi connectivity index (χ2n) is 9.33. The molecule has 1 saturated heterocycles. The number of fused-ring (bicyclic) bond motifs is 1. The van der Waals surface area contributed by atoms with Gasteiger partial charge in [-0.05, 0) is 47.4 Å². The Hall–Kier alpha value is -4.04. The summed E-state index contributed by atoms with van der Waals surface area (Å²) < 4.78 is 5.74. The molecule has 0 bridgehead atoms. The van der Waals surface area contributed by atoms with Gasteiger partial charge in [0, 0.05) is 56.9 Å². The lowest BCUT2D eigenvalue weighted by atomic mass is 9.97. The maximum Gasteiger partial charge on any atom is 0.272 e. The van der Waals surface area contributed by atoms with Crippen LogP contribution in [0.5, 0.6) is 5.75 Å². The number of methoxy groups -OCH3 is 1. The molecule has 5 rings (SSSR count). The number of hydrogen-bond donors (Lipinski definition) is 1. The number of ether oxygens (including phenoxy) is 1. The molecular formula is C29H31N5O3. The number of H-pyrrole nitrogens is 1. The topological polar surface area (TPSA) is 91.4 Å². The Morgan fingerprint density at radius 1 is 1.00 bits per heavy atom. The van der Waals surface area contributed by atoms with Crippen LogP contribution in [-0.2, 0) is 19.4 Å². The quantitative estimate of drug-likeness (QED) is 0.421. The van der Waals surface area contributed by atoms with Crippen molar-refractivity contribution in [3.8, 4) is 5.75 Å². The van der Waals surface area contributed by atoms with E-state index in [0.29, 0.717) is 36.2 Å². The van der Waals surface area contributed by atoms with Gasteiger partial charge in [0.05, 0.1) is 23.8 Å². The van der Waals surface area contributed by atoms with Gasteiger partial charge in [0.15, 0.2) is 0 Å². The van der Waals surface area contributed by atoms with Crippen molar-refractivity contribution < 1.29 is 9.53 Å². The third-order valence-electron chi connectivity index (χ3n) is 7.00. The molecule has 1 N–H and O–H groups in total. The Morgan fingerprint density at radius 3 is 2.43 bits per heavy atom. The van der Waals surface area contributed by atoms with Crippen molar-refractivity contribution in [3.63, 3.8) is 0 Å². The van der Waals surface area contributed by atoms with Crippen LogP contribution in [0.1, 0.15) is 39.7 Å². The van der Waals surface area contributed by atoms with Gasteiger partial charge in [0.1, 0.15) is 5.75 Å². The lowest BCUT2D eigenvalue weighted by Crippen LogP contribution is -2.48. The number of hydrogen-bond acceptors (Lipinski definition) is 6. The first kappa shape index (κ1) is 24.6. The number of aromatic nitrogens is 3. The minimum Gasteiger partial charge on any atom is -0.496 e. The minimum atomic E-state index is -0.206. The number of carbonyl (C=O) groups excluding carboxylic acids is 1. The normalized spacial score (nSPS) is 14.2. The predicted molar refractivity (Wildman–Crippen MR) is 143 cm³/mol. The zero-order valence-electron chi connectivity index (χ0n) is 21.2. The molecule has 1 aliphatic rings. The summed E-state index contributed by atoms with van der Waals surface area (Å²) in [5.74, 6) is 0.617. The van der Waals surface area contributed by atoms with Crippen molar-refractivity contribution in [1.82, 2.24) is 25.0 Å². The van der Waals surface area contributed by atoms with E-state index in [0.717, 1.165) is 48.3 Å². The number of pyridine rings is 1. The highest BCUT2D eigenvalue weighted by atomic mass is 16.5. The van der Waals surface area contributed by atoms with Gasteiger partial charge in [-0.15, -0.1) is 0 Å². The number of nitrogens with one attached hydrogen (secondary N) is 1. The third kappa shape index (κ3) is 5.24. The summed E-state index contributed by atoms with van der Waals surface area (Å²) in [6.07, 6.45) is 4.85. The molecule has 8 heteroatoms. The van der Waals surface area contributed by atoms with Crippen LogP contribution in [0.25, 0.3) is 10.8 Å². The van der Waals surface area contributed by atoms with Crippen LogP contribution in [0, 0.1) is 0 Å². The van der Waals surface area contributed by atoms with Crippen molar-refractivity contribution in [2.24, 2.45) is 0 Å². The Balaban J connectivity index is 1.39. The molecule has 0 atom stereocenters. The minimum absolute atomic E-state index is 0.0174. The molecule has 0 radical (unpaired) electrons. The first-order valence-electron chi connectivity index (χ1n) is 12.6. The monoisotopic (exact) mass is 497 g/mol. The van der Waals surface area contributed by atoms with E-state index in [2.05, 4.69) is 33.1 Å². The average molecular weight is 498 g/mol. The Labute approximate surface area is 215 Å². The van der Waals surface area contributed by atoms with Crippen molar-refractivity contribution in [2.75, 3.05) is 33.3 Å².